The van der Waals surface area contributed by atoms with Crippen molar-refractivity contribution in [2.45, 2.75) is 25.5 Å². The fourth-order valence-electron chi connectivity index (χ4n) is 5.14. The van der Waals surface area contributed by atoms with Crippen molar-refractivity contribution in [2.24, 2.45) is 14.1 Å². The van der Waals surface area contributed by atoms with E-state index in [2.05, 4.69) is 18.4 Å². The number of ether oxygens (including phenoxy) is 3. The molecule has 0 saturated heterocycles. The van der Waals surface area contributed by atoms with E-state index in [4.69, 9.17) is 14.2 Å². The lowest BCUT2D eigenvalue weighted by molar-refractivity contribution is -0.00799. The molecule has 0 N–H and O–H groups in total. The Kier molecular flexibility index (Phi) is 5.36. The molecule has 8 nitrogen and oxygen atoms in total. The van der Waals surface area contributed by atoms with Gasteiger partial charge in [-0.3, -0.25) is 13.9 Å². The van der Waals surface area contributed by atoms with Gasteiger partial charge in [-0.25, -0.2) is 4.79 Å². The van der Waals surface area contributed by atoms with E-state index in [1.807, 2.05) is 48.5 Å². The van der Waals surface area contributed by atoms with Crippen LogP contribution in [0, 0.1) is 0 Å². The van der Waals surface area contributed by atoms with Crippen LogP contribution in [-0.4, -0.2) is 34.5 Å². The van der Waals surface area contributed by atoms with Crippen molar-refractivity contribution in [1.29, 1.82) is 0 Å². The van der Waals surface area contributed by atoms with Gasteiger partial charge in [-0.1, -0.05) is 18.2 Å². The molecule has 0 amide bonds. The molecule has 0 unspecified atom stereocenters. The monoisotopic (exact) mass is 475 g/mol. The van der Waals surface area contributed by atoms with E-state index < -0.39 is 11.6 Å². The van der Waals surface area contributed by atoms with Gasteiger partial charge >= 0.3 is 5.69 Å². The van der Waals surface area contributed by atoms with E-state index in [9.17, 15) is 9.59 Å². The summed E-state index contributed by atoms with van der Waals surface area (Å²) in [6, 6.07) is 15.3. The lowest BCUT2D eigenvalue weighted by Crippen LogP contribution is -2.40. The standard InChI is InChI=1S/C27H29N3O5/c1-27(2)15-35-24(18-9-7-8-10-19(18)34-6)23-22-20(25(31)29(4)26(32)28(22)3)21(30(23)27)16-11-13-17(33-5)14-12-16/h7-14,24H,15H2,1-6H3/t24-/m0/s1. The summed E-state index contributed by atoms with van der Waals surface area (Å²) in [6.07, 6.45) is -0.536. The second-order valence-electron chi connectivity index (χ2n) is 9.47. The van der Waals surface area contributed by atoms with E-state index in [0.717, 1.165) is 32.8 Å². The molecule has 0 radical (unpaired) electrons. The summed E-state index contributed by atoms with van der Waals surface area (Å²) in [6.45, 7) is 4.55. The van der Waals surface area contributed by atoms with Crippen molar-refractivity contribution in [1.82, 2.24) is 13.7 Å². The van der Waals surface area contributed by atoms with Crippen LogP contribution in [0.3, 0.4) is 0 Å². The first-order chi connectivity index (χ1) is 16.7. The number of benzene rings is 2. The quantitative estimate of drug-likeness (QED) is 0.451. The number of hydrogen-bond donors (Lipinski definition) is 0. The Morgan fingerprint density at radius 3 is 2.29 bits per heavy atom. The number of hydrogen-bond acceptors (Lipinski definition) is 5. The van der Waals surface area contributed by atoms with Crippen LogP contribution >= 0.6 is 0 Å². The molecule has 3 heterocycles. The van der Waals surface area contributed by atoms with Gasteiger partial charge in [-0.15, -0.1) is 0 Å². The Morgan fingerprint density at radius 2 is 1.63 bits per heavy atom. The SMILES string of the molecule is COc1ccc(-c2c3c(=O)n(C)c(=O)n(C)c3c3n2C(C)(C)CO[C@H]3c2ccccc2OC)cc1. The molecule has 0 fully saturated rings. The zero-order valence-electron chi connectivity index (χ0n) is 20.8. The maximum atomic E-state index is 13.7. The van der Waals surface area contributed by atoms with Crippen LogP contribution in [-0.2, 0) is 24.4 Å². The Morgan fingerprint density at radius 1 is 0.943 bits per heavy atom. The summed E-state index contributed by atoms with van der Waals surface area (Å²) in [7, 11) is 6.45. The van der Waals surface area contributed by atoms with E-state index in [1.165, 1.54) is 7.05 Å². The zero-order valence-corrected chi connectivity index (χ0v) is 20.8. The Labute approximate surface area is 202 Å². The fourth-order valence-corrected chi connectivity index (χ4v) is 5.14. The smallest absolute Gasteiger partial charge is 0.331 e. The van der Waals surface area contributed by atoms with Crippen LogP contribution in [0.5, 0.6) is 11.5 Å². The fraction of sp³-hybridized carbons (Fsp3) is 0.333. The summed E-state index contributed by atoms with van der Waals surface area (Å²) in [5, 5.41) is 0.480. The maximum absolute atomic E-state index is 13.7. The minimum atomic E-state index is -0.536. The molecule has 1 aliphatic rings. The molecule has 1 aliphatic heterocycles. The largest absolute Gasteiger partial charge is 0.497 e. The molecule has 5 rings (SSSR count). The molecule has 0 aliphatic carbocycles. The highest BCUT2D eigenvalue weighted by atomic mass is 16.5. The average molecular weight is 476 g/mol. The predicted octanol–water partition coefficient (Wildman–Crippen LogP) is 3.58. The summed E-state index contributed by atoms with van der Waals surface area (Å²) in [5.74, 6) is 1.40. The average Bonchev–Trinajstić information content (AvgIpc) is 3.24. The molecular weight excluding hydrogens is 446 g/mol. The van der Waals surface area contributed by atoms with Gasteiger partial charge in [0.2, 0.25) is 0 Å². The Balaban J connectivity index is 1.99. The van der Waals surface area contributed by atoms with Gasteiger partial charge in [0.1, 0.15) is 17.6 Å². The summed E-state index contributed by atoms with van der Waals surface area (Å²) >= 11 is 0. The Hall–Kier alpha value is -3.78. The molecule has 2 aromatic heterocycles. The molecule has 1 atom stereocenters. The topological polar surface area (TPSA) is 76.6 Å². The third-order valence-electron chi connectivity index (χ3n) is 6.85. The van der Waals surface area contributed by atoms with Gasteiger partial charge in [0.25, 0.3) is 5.56 Å². The van der Waals surface area contributed by atoms with E-state index in [0.29, 0.717) is 23.3 Å². The lowest BCUT2D eigenvalue weighted by Gasteiger charge is -2.39. The minimum absolute atomic E-state index is 0.342. The van der Waals surface area contributed by atoms with Crippen molar-refractivity contribution >= 4 is 10.9 Å². The first-order valence-corrected chi connectivity index (χ1v) is 11.4. The van der Waals surface area contributed by atoms with E-state index in [-0.39, 0.29) is 11.2 Å². The van der Waals surface area contributed by atoms with Gasteiger partial charge in [-0.05, 0) is 49.7 Å². The first kappa shape index (κ1) is 23.0. The molecular formula is C27H29N3O5. The van der Waals surface area contributed by atoms with Crippen LogP contribution in [0.15, 0.2) is 58.1 Å². The molecule has 0 saturated carbocycles. The number of nitrogens with zero attached hydrogens (tertiary/aromatic N) is 3. The van der Waals surface area contributed by atoms with Crippen molar-refractivity contribution in [3.05, 3.63) is 80.6 Å². The van der Waals surface area contributed by atoms with Crippen LogP contribution in [0.25, 0.3) is 22.2 Å². The summed E-state index contributed by atoms with van der Waals surface area (Å²) in [4.78, 5) is 26.7. The van der Waals surface area contributed by atoms with E-state index >= 15 is 0 Å². The zero-order chi connectivity index (χ0) is 25.1. The second kappa shape index (κ2) is 8.16. The predicted molar refractivity (Wildman–Crippen MR) is 135 cm³/mol. The minimum Gasteiger partial charge on any atom is -0.497 e. The number of para-hydroxylation sites is 1. The van der Waals surface area contributed by atoms with Gasteiger partial charge in [0, 0.05) is 19.7 Å². The molecule has 182 valence electrons. The second-order valence-corrected chi connectivity index (χ2v) is 9.47. The molecule has 35 heavy (non-hydrogen) atoms. The highest BCUT2D eigenvalue weighted by Gasteiger charge is 2.41. The van der Waals surface area contributed by atoms with Crippen LogP contribution in [0.1, 0.15) is 31.2 Å². The van der Waals surface area contributed by atoms with E-state index in [1.54, 1.807) is 25.8 Å². The van der Waals surface area contributed by atoms with Crippen molar-refractivity contribution in [3.63, 3.8) is 0 Å². The van der Waals surface area contributed by atoms with Crippen molar-refractivity contribution in [3.8, 4) is 22.8 Å². The first-order valence-electron chi connectivity index (χ1n) is 11.4. The highest BCUT2D eigenvalue weighted by Crippen LogP contribution is 2.47. The molecule has 4 aromatic rings. The van der Waals surface area contributed by atoms with Gasteiger partial charge in [0.05, 0.1) is 48.7 Å². The summed E-state index contributed by atoms with van der Waals surface area (Å²) < 4.78 is 22.3. The van der Waals surface area contributed by atoms with Crippen molar-refractivity contribution in [2.75, 3.05) is 20.8 Å². The number of aryl methyl sites for hydroxylation is 1. The van der Waals surface area contributed by atoms with Crippen molar-refractivity contribution < 1.29 is 14.2 Å². The highest BCUT2D eigenvalue weighted by molar-refractivity contribution is 5.97. The summed E-state index contributed by atoms with van der Waals surface area (Å²) in [5.41, 5.74) is 2.53. The maximum Gasteiger partial charge on any atom is 0.331 e. The Bertz CT molecular complexity index is 1560. The molecule has 0 bridgehead atoms. The van der Waals surface area contributed by atoms with Crippen LogP contribution in [0.4, 0.5) is 0 Å². The third-order valence-corrected chi connectivity index (χ3v) is 6.85. The van der Waals surface area contributed by atoms with Crippen LogP contribution in [0.2, 0.25) is 0 Å². The third kappa shape index (κ3) is 3.31. The van der Waals surface area contributed by atoms with Crippen LogP contribution < -0.4 is 20.7 Å². The molecule has 8 heteroatoms. The van der Waals surface area contributed by atoms with Gasteiger partial charge < -0.3 is 18.8 Å². The molecule has 0 spiro atoms. The lowest BCUT2D eigenvalue weighted by atomic mass is 9.97. The number of rotatable bonds is 4. The normalized spacial score (nSPS) is 16.8. The number of aromatic nitrogens is 3. The van der Waals surface area contributed by atoms with Gasteiger partial charge in [-0.2, -0.15) is 0 Å². The van der Waals surface area contributed by atoms with Gasteiger partial charge in [0.15, 0.2) is 0 Å². The number of methoxy groups -OCH3 is 2. The molecule has 2 aromatic carbocycles. The number of fused-ring (bicyclic) bond motifs is 3.